The van der Waals surface area contributed by atoms with Crippen LogP contribution >= 0.6 is 0 Å². The monoisotopic (exact) mass is 409 g/mol. The number of halogens is 1. The van der Waals surface area contributed by atoms with E-state index in [9.17, 15) is 9.18 Å². The summed E-state index contributed by atoms with van der Waals surface area (Å²) in [5.41, 5.74) is 2.46. The van der Waals surface area contributed by atoms with Crippen molar-refractivity contribution >= 4 is 16.9 Å². The maximum atomic E-state index is 13.9. The number of aryl methyl sites for hydroxylation is 1. The van der Waals surface area contributed by atoms with Crippen molar-refractivity contribution in [2.45, 2.75) is 44.6 Å². The third-order valence-electron chi connectivity index (χ3n) is 6.24. The Morgan fingerprint density at radius 1 is 1.23 bits per heavy atom. The average molecular weight is 410 g/mol. The molecule has 1 saturated heterocycles. The molecule has 1 amide bonds. The van der Waals surface area contributed by atoms with Crippen LogP contribution in [0.3, 0.4) is 0 Å². The molecule has 1 aromatic heterocycles. The number of amides is 1. The number of imidazole rings is 1. The summed E-state index contributed by atoms with van der Waals surface area (Å²) in [6.45, 7) is 5.62. The van der Waals surface area contributed by atoms with E-state index in [0.29, 0.717) is 19.8 Å². The number of benzene rings is 2. The zero-order valence-electron chi connectivity index (χ0n) is 17.5. The van der Waals surface area contributed by atoms with E-state index in [2.05, 4.69) is 10.3 Å². The number of hydrogen-bond acceptors (Lipinski definition) is 3. The first-order chi connectivity index (χ1) is 14.5. The van der Waals surface area contributed by atoms with Gasteiger partial charge < -0.3 is 14.6 Å². The van der Waals surface area contributed by atoms with Gasteiger partial charge >= 0.3 is 0 Å². The molecule has 30 heavy (non-hydrogen) atoms. The van der Waals surface area contributed by atoms with Gasteiger partial charge in [0.05, 0.1) is 11.0 Å². The van der Waals surface area contributed by atoms with Gasteiger partial charge in [-0.05, 0) is 49.6 Å². The molecule has 0 aliphatic carbocycles. The number of ether oxygens (including phenoxy) is 1. The average Bonchev–Trinajstić information content (AvgIpc) is 3.16. The van der Waals surface area contributed by atoms with Crippen molar-refractivity contribution in [3.63, 3.8) is 0 Å². The highest BCUT2D eigenvalue weighted by Gasteiger charge is 2.35. The fourth-order valence-electron chi connectivity index (χ4n) is 4.45. The number of aromatic nitrogens is 2. The molecule has 158 valence electrons. The predicted molar refractivity (Wildman–Crippen MR) is 115 cm³/mol. The largest absolute Gasteiger partial charge is 0.381 e. The van der Waals surface area contributed by atoms with E-state index in [-0.39, 0.29) is 17.1 Å². The number of fused-ring (bicyclic) bond motifs is 1. The summed E-state index contributed by atoms with van der Waals surface area (Å²) in [4.78, 5) is 17.9. The fourth-order valence-corrected chi connectivity index (χ4v) is 4.45. The van der Waals surface area contributed by atoms with Gasteiger partial charge in [0, 0.05) is 31.6 Å². The minimum Gasteiger partial charge on any atom is -0.381 e. The topological polar surface area (TPSA) is 56.2 Å². The van der Waals surface area contributed by atoms with Crippen molar-refractivity contribution in [1.82, 2.24) is 14.9 Å². The number of carbonyl (C=O) groups excluding carboxylic acids is 1. The molecule has 2 aromatic carbocycles. The molecule has 1 atom stereocenters. The number of hydrogen-bond donors (Lipinski definition) is 1. The van der Waals surface area contributed by atoms with Crippen LogP contribution in [0.4, 0.5) is 4.39 Å². The summed E-state index contributed by atoms with van der Waals surface area (Å²) < 4.78 is 21.5. The lowest BCUT2D eigenvalue weighted by Gasteiger charge is -2.38. The van der Waals surface area contributed by atoms with Crippen LogP contribution in [0, 0.1) is 5.82 Å². The number of carbonyl (C=O) groups is 1. The van der Waals surface area contributed by atoms with Crippen LogP contribution in [0.2, 0.25) is 0 Å². The van der Waals surface area contributed by atoms with Crippen LogP contribution in [0.1, 0.15) is 44.1 Å². The molecular weight excluding hydrogens is 381 g/mol. The van der Waals surface area contributed by atoms with Gasteiger partial charge in [-0.2, -0.15) is 0 Å². The third-order valence-corrected chi connectivity index (χ3v) is 6.24. The quantitative estimate of drug-likeness (QED) is 0.665. The molecule has 2 heterocycles. The predicted octanol–water partition coefficient (Wildman–Crippen LogP) is 4.16. The molecule has 0 spiro atoms. The molecule has 0 bridgehead atoms. The zero-order valence-corrected chi connectivity index (χ0v) is 17.5. The van der Waals surface area contributed by atoms with Crippen molar-refractivity contribution in [3.8, 4) is 0 Å². The molecule has 0 radical (unpaired) electrons. The lowest BCUT2D eigenvalue weighted by atomic mass is 9.74. The van der Waals surface area contributed by atoms with Gasteiger partial charge in [0.15, 0.2) is 0 Å². The lowest BCUT2D eigenvalue weighted by molar-refractivity contribution is -0.124. The van der Waals surface area contributed by atoms with E-state index in [0.717, 1.165) is 41.7 Å². The molecule has 5 nitrogen and oxygen atoms in total. The Kier molecular flexibility index (Phi) is 5.86. The van der Waals surface area contributed by atoms with E-state index in [1.165, 1.54) is 6.07 Å². The number of para-hydroxylation sites is 2. The van der Waals surface area contributed by atoms with Crippen LogP contribution in [0.25, 0.3) is 11.0 Å². The number of nitrogens with zero attached hydrogens (tertiary/aromatic N) is 2. The van der Waals surface area contributed by atoms with Crippen LogP contribution < -0.4 is 5.32 Å². The van der Waals surface area contributed by atoms with E-state index in [1.807, 2.05) is 48.7 Å². The maximum absolute atomic E-state index is 13.9. The van der Waals surface area contributed by atoms with E-state index in [4.69, 9.17) is 4.74 Å². The van der Waals surface area contributed by atoms with Gasteiger partial charge in [-0.15, -0.1) is 0 Å². The molecule has 4 rings (SSSR count). The summed E-state index contributed by atoms with van der Waals surface area (Å²) in [5.74, 6) is 0.579. The third kappa shape index (κ3) is 3.84. The van der Waals surface area contributed by atoms with E-state index < -0.39 is 6.04 Å². The standard InChI is InChI=1S/C24H28FN3O2/c1-3-22-27-20-9-4-5-10-21(20)28(22)17(2)23(29)26-16-24(11-13-30-14-12-24)18-7-6-8-19(25)15-18/h4-10,15,17H,3,11-14,16H2,1-2H3,(H,26,29). The van der Waals surface area contributed by atoms with Crippen LogP contribution in [0.15, 0.2) is 48.5 Å². The van der Waals surface area contributed by atoms with Gasteiger partial charge in [0.1, 0.15) is 17.7 Å². The molecule has 1 aliphatic rings. The summed E-state index contributed by atoms with van der Waals surface area (Å²) in [6, 6.07) is 14.2. The first-order valence-corrected chi connectivity index (χ1v) is 10.6. The Balaban J connectivity index is 1.57. The van der Waals surface area contributed by atoms with Gasteiger partial charge in [-0.25, -0.2) is 9.37 Å². The summed E-state index contributed by atoms with van der Waals surface area (Å²) in [7, 11) is 0. The highest BCUT2D eigenvalue weighted by molar-refractivity contribution is 5.84. The van der Waals surface area contributed by atoms with Gasteiger partial charge in [-0.3, -0.25) is 4.79 Å². The molecular formula is C24H28FN3O2. The molecule has 0 saturated carbocycles. The van der Waals surface area contributed by atoms with Gasteiger partial charge in [0.2, 0.25) is 5.91 Å². The van der Waals surface area contributed by atoms with Crippen LogP contribution in [-0.4, -0.2) is 35.2 Å². The highest BCUT2D eigenvalue weighted by Crippen LogP contribution is 2.35. The Morgan fingerprint density at radius 2 is 2.00 bits per heavy atom. The normalized spacial score (nSPS) is 17.0. The molecule has 1 unspecified atom stereocenters. The molecule has 1 N–H and O–H groups in total. The fraction of sp³-hybridized carbons (Fsp3) is 0.417. The second kappa shape index (κ2) is 8.56. The van der Waals surface area contributed by atoms with Crippen molar-refractivity contribution in [1.29, 1.82) is 0 Å². The summed E-state index contributed by atoms with van der Waals surface area (Å²) >= 11 is 0. The first-order valence-electron chi connectivity index (χ1n) is 10.6. The first kappa shape index (κ1) is 20.5. The van der Waals surface area contributed by atoms with Crippen molar-refractivity contribution < 1.29 is 13.9 Å². The second-order valence-corrected chi connectivity index (χ2v) is 8.04. The van der Waals surface area contributed by atoms with E-state index in [1.54, 1.807) is 12.1 Å². The minimum absolute atomic E-state index is 0.0601. The van der Waals surface area contributed by atoms with Crippen LogP contribution in [-0.2, 0) is 21.4 Å². The zero-order chi connectivity index (χ0) is 21.1. The Hall–Kier alpha value is -2.73. The van der Waals surface area contributed by atoms with E-state index >= 15 is 0 Å². The highest BCUT2D eigenvalue weighted by atomic mass is 19.1. The summed E-state index contributed by atoms with van der Waals surface area (Å²) in [5, 5.41) is 3.15. The van der Waals surface area contributed by atoms with Crippen molar-refractivity contribution in [2.75, 3.05) is 19.8 Å². The lowest BCUT2D eigenvalue weighted by Crippen LogP contribution is -2.46. The summed E-state index contributed by atoms with van der Waals surface area (Å²) in [6.07, 6.45) is 2.25. The minimum atomic E-state index is -0.392. The van der Waals surface area contributed by atoms with Crippen molar-refractivity contribution in [3.05, 3.63) is 65.7 Å². The molecule has 3 aromatic rings. The number of rotatable bonds is 6. The molecule has 1 fully saturated rings. The SMILES string of the molecule is CCc1nc2ccccc2n1C(C)C(=O)NCC1(c2cccc(F)c2)CCOCC1. The number of nitrogens with one attached hydrogen (secondary N) is 1. The van der Waals surface area contributed by atoms with Gasteiger partial charge in [0.25, 0.3) is 0 Å². The molecule has 1 aliphatic heterocycles. The Bertz CT molecular complexity index is 1040. The Morgan fingerprint density at radius 3 is 2.73 bits per heavy atom. The molecule has 6 heteroatoms. The Labute approximate surface area is 176 Å². The van der Waals surface area contributed by atoms with Crippen LogP contribution in [0.5, 0.6) is 0 Å². The van der Waals surface area contributed by atoms with Crippen molar-refractivity contribution in [2.24, 2.45) is 0 Å². The maximum Gasteiger partial charge on any atom is 0.242 e. The second-order valence-electron chi connectivity index (χ2n) is 8.04. The smallest absolute Gasteiger partial charge is 0.242 e. The van der Waals surface area contributed by atoms with Gasteiger partial charge in [-0.1, -0.05) is 31.2 Å².